The van der Waals surface area contributed by atoms with Crippen LogP contribution in [0, 0.1) is 5.92 Å². The highest BCUT2D eigenvalue weighted by Gasteiger charge is 2.33. The van der Waals surface area contributed by atoms with E-state index in [0.29, 0.717) is 13.2 Å². The van der Waals surface area contributed by atoms with Gasteiger partial charge in [-0.1, -0.05) is 19.3 Å². The van der Waals surface area contributed by atoms with Gasteiger partial charge in [-0.15, -0.1) is 0 Å². The maximum absolute atomic E-state index is 11.8. The van der Waals surface area contributed by atoms with Gasteiger partial charge < -0.3 is 19.9 Å². The van der Waals surface area contributed by atoms with Crippen molar-refractivity contribution < 1.29 is 19.4 Å². The summed E-state index contributed by atoms with van der Waals surface area (Å²) in [6, 6.07) is 0. The van der Waals surface area contributed by atoms with Crippen LogP contribution in [0.1, 0.15) is 39.0 Å². The van der Waals surface area contributed by atoms with Crippen LogP contribution in [0.15, 0.2) is 12.0 Å². The Morgan fingerprint density at radius 1 is 1.42 bits per heavy atom. The maximum Gasteiger partial charge on any atom is 0.289 e. The molecule has 2 rings (SSSR count). The first-order valence-electron chi connectivity index (χ1n) is 7.05. The van der Waals surface area contributed by atoms with Crippen molar-refractivity contribution in [1.82, 2.24) is 5.32 Å². The average Bonchev–Trinajstić information content (AvgIpc) is 2.47. The molecule has 0 saturated heterocycles. The minimum absolute atomic E-state index is 0.186. The molecular formula is C14H23NO4. The van der Waals surface area contributed by atoms with Crippen LogP contribution in [0.3, 0.4) is 0 Å². The van der Waals surface area contributed by atoms with Gasteiger partial charge in [-0.25, -0.2) is 0 Å². The van der Waals surface area contributed by atoms with Crippen LogP contribution in [0.5, 0.6) is 0 Å². The van der Waals surface area contributed by atoms with Gasteiger partial charge in [0.1, 0.15) is 19.5 Å². The van der Waals surface area contributed by atoms with E-state index in [9.17, 15) is 9.90 Å². The third-order valence-electron chi connectivity index (χ3n) is 3.96. The molecule has 1 heterocycles. The molecule has 1 saturated carbocycles. The largest absolute Gasteiger partial charge is 0.494 e. The minimum Gasteiger partial charge on any atom is -0.494 e. The van der Waals surface area contributed by atoms with Crippen molar-refractivity contribution in [1.29, 1.82) is 0 Å². The highest BCUT2D eigenvalue weighted by atomic mass is 16.6. The van der Waals surface area contributed by atoms with Gasteiger partial charge in [-0.3, -0.25) is 4.79 Å². The molecule has 5 heteroatoms. The van der Waals surface area contributed by atoms with Gasteiger partial charge in [0.2, 0.25) is 5.76 Å². The van der Waals surface area contributed by atoms with Crippen LogP contribution in [0.4, 0.5) is 0 Å². The molecule has 108 valence electrons. The third-order valence-corrected chi connectivity index (χ3v) is 3.96. The van der Waals surface area contributed by atoms with E-state index in [2.05, 4.69) is 5.32 Å². The molecule has 0 bridgehead atoms. The Hall–Kier alpha value is -1.23. The van der Waals surface area contributed by atoms with Gasteiger partial charge in [0.05, 0.1) is 5.60 Å². The first-order valence-corrected chi connectivity index (χ1v) is 7.05. The van der Waals surface area contributed by atoms with Gasteiger partial charge in [-0.05, 0) is 25.7 Å². The summed E-state index contributed by atoms with van der Waals surface area (Å²) in [6.07, 6.45) is 6.97. The summed E-state index contributed by atoms with van der Waals surface area (Å²) < 4.78 is 10.2. The molecule has 5 nitrogen and oxygen atoms in total. The Morgan fingerprint density at radius 2 is 2.16 bits per heavy atom. The van der Waals surface area contributed by atoms with Crippen LogP contribution >= 0.6 is 0 Å². The summed E-state index contributed by atoms with van der Waals surface area (Å²) in [7, 11) is 0. The number of carbonyl (C=O) groups is 1. The van der Waals surface area contributed by atoms with Gasteiger partial charge >= 0.3 is 0 Å². The fraction of sp³-hybridized carbons (Fsp3) is 0.786. The molecule has 19 heavy (non-hydrogen) atoms. The Labute approximate surface area is 114 Å². The Bertz CT molecular complexity index is 345. The van der Waals surface area contributed by atoms with Crippen LogP contribution < -0.4 is 5.32 Å². The summed E-state index contributed by atoms with van der Waals surface area (Å²) in [5, 5.41) is 13.2. The topological polar surface area (TPSA) is 67.8 Å². The van der Waals surface area contributed by atoms with Gasteiger partial charge in [0.15, 0.2) is 0 Å². The van der Waals surface area contributed by atoms with Crippen molar-refractivity contribution >= 4 is 5.91 Å². The molecule has 1 atom stereocenters. The predicted molar refractivity (Wildman–Crippen MR) is 70.2 cm³/mol. The standard InChI is InChI=1S/C14H23NO4/c1-14(17,11-5-3-2-4-6-11)10-15-13(16)12-9-18-7-8-19-12/h9,11,17H,2-8,10H2,1H3,(H,15,16). The first kappa shape index (κ1) is 14.2. The number of aliphatic hydroxyl groups is 1. The number of rotatable bonds is 4. The summed E-state index contributed by atoms with van der Waals surface area (Å²) >= 11 is 0. The van der Waals surface area contributed by atoms with E-state index in [1.54, 1.807) is 6.92 Å². The molecule has 1 amide bonds. The lowest BCUT2D eigenvalue weighted by molar-refractivity contribution is -0.124. The number of hydrogen-bond donors (Lipinski definition) is 2. The number of hydrogen-bond acceptors (Lipinski definition) is 4. The van der Waals surface area contributed by atoms with Gasteiger partial charge in [0.25, 0.3) is 5.91 Å². The second-order valence-electron chi connectivity index (χ2n) is 5.58. The summed E-state index contributed by atoms with van der Waals surface area (Å²) in [4.78, 5) is 11.8. The van der Waals surface area contributed by atoms with Crippen LogP contribution in [-0.4, -0.2) is 36.4 Å². The first-order chi connectivity index (χ1) is 9.09. The highest BCUT2D eigenvalue weighted by Crippen LogP contribution is 2.32. The lowest BCUT2D eigenvalue weighted by atomic mass is 9.78. The molecule has 0 radical (unpaired) electrons. The Kier molecular flexibility index (Phi) is 4.69. The van der Waals surface area contributed by atoms with Crippen LogP contribution in [-0.2, 0) is 14.3 Å². The zero-order chi connectivity index (χ0) is 13.7. The smallest absolute Gasteiger partial charge is 0.289 e. The van der Waals surface area contributed by atoms with Gasteiger partial charge in [-0.2, -0.15) is 0 Å². The van der Waals surface area contributed by atoms with E-state index in [-0.39, 0.29) is 24.1 Å². The fourth-order valence-corrected chi connectivity index (χ4v) is 2.70. The van der Waals surface area contributed by atoms with Crippen molar-refractivity contribution in [3.63, 3.8) is 0 Å². The van der Waals surface area contributed by atoms with E-state index >= 15 is 0 Å². The van der Waals surface area contributed by atoms with Crippen LogP contribution in [0.2, 0.25) is 0 Å². The fourth-order valence-electron chi connectivity index (χ4n) is 2.70. The zero-order valence-electron chi connectivity index (χ0n) is 11.5. The molecule has 1 aliphatic heterocycles. The molecule has 1 fully saturated rings. The van der Waals surface area contributed by atoms with E-state index in [1.807, 2.05) is 0 Å². The minimum atomic E-state index is -0.855. The third kappa shape index (κ3) is 3.86. The maximum atomic E-state index is 11.8. The van der Waals surface area contributed by atoms with Crippen molar-refractivity contribution in [3.8, 4) is 0 Å². The van der Waals surface area contributed by atoms with E-state index in [1.165, 1.54) is 12.7 Å². The Balaban J connectivity index is 1.82. The lowest BCUT2D eigenvalue weighted by Gasteiger charge is -2.35. The second-order valence-corrected chi connectivity index (χ2v) is 5.58. The predicted octanol–water partition coefficient (Wildman–Crippen LogP) is 1.32. The van der Waals surface area contributed by atoms with Crippen molar-refractivity contribution in [2.75, 3.05) is 19.8 Å². The molecule has 2 aliphatic rings. The van der Waals surface area contributed by atoms with E-state index in [4.69, 9.17) is 9.47 Å². The quantitative estimate of drug-likeness (QED) is 0.808. The van der Waals surface area contributed by atoms with Crippen LogP contribution in [0.25, 0.3) is 0 Å². The molecule has 0 aromatic carbocycles. The molecule has 0 aromatic rings. The van der Waals surface area contributed by atoms with Crippen molar-refractivity contribution in [2.45, 2.75) is 44.6 Å². The van der Waals surface area contributed by atoms with Crippen molar-refractivity contribution in [3.05, 3.63) is 12.0 Å². The van der Waals surface area contributed by atoms with E-state index < -0.39 is 5.60 Å². The number of nitrogens with one attached hydrogen (secondary N) is 1. The molecule has 0 aromatic heterocycles. The highest BCUT2D eigenvalue weighted by molar-refractivity contribution is 5.91. The second kappa shape index (κ2) is 6.28. The number of amides is 1. The number of carbonyl (C=O) groups excluding carboxylic acids is 1. The van der Waals surface area contributed by atoms with Crippen molar-refractivity contribution in [2.24, 2.45) is 5.92 Å². The summed E-state index contributed by atoms with van der Waals surface area (Å²) in [6.45, 7) is 2.90. The van der Waals surface area contributed by atoms with E-state index in [0.717, 1.165) is 25.7 Å². The SMILES string of the molecule is CC(O)(CNC(=O)C1=COCCO1)C1CCCCC1. The monoisotopic (exact) mass is 269 g/mol. The summed E-state index contributed by atoms with van der Waals surface area (Å²) in [5.74, 6) is 0.125. The molecule has 2 N–H and O–H groups in total. The Morgan fingerprint density at radius 3 is 2.79 bits per heavy atom. The lowest BCUT2D eigenvalue weighted by Crippen LogP contribution is -2.47. The summed E-state index contributed by atoms with van der Waals surface area (Å²) in [5.41, 5.74) is -0.855. The molecule has 0 spiro atoms. The molecule has 1 aliphatic carbocycles. The van der Waals surface area contributed by atoms with Gasteiger partial charge in [0, 0.05) is 6.54 Å². The molecular weight excluding hydrogens is 246 g/mol. The molecule has 1 unspecified atom stereocenters. The number of ether oxygens (including phenoxy) is 2. The zero-order valence-corrected chi connectivity index (χ0v) is 11.5. The normalized spacial score (nSPS) is 23.6. The average molecular weight is 269 g/mol.